The van der Waals surface area contributed by atoms with Crippen molar-refractivity contribution >= 4 is 40.7 Å². The van der Waals surface area contributed by atoms with Gasteiger partial charge >= 0.3 is 11.9 Å². The third-order valence-electron chi connectivity index (χ3n) is 7.31. The molecule has 0 bridgehead atoms. The van der Waals surface area contributed by atoms with Crippen molar-refractivity contribution < 1.29 is 50.3 Å². The highest BCUT2D eigenvalue weighted by molar-refractivity contribution is 7.86. The molecule has 0 N–H and O–H groups in total. The summed E-state index contributed by atoms with van der Waals surface area (Å²) >= 11 is 0. The van der Waals surface area contributed by atoms with Crippen molar-refractivity contribution in [2.24, 2.45) is 0 Å². The molecule has 0 saturated carbocycles. The van der Waals surface area contributed by atoms with E-state index in [1.54, 1.807) is 0 Å². The van der Waals surface area contributed by atoms with Crippen LogP contribution in [0.1, 0.15) is 34.6 Å². The van der Waals surface area contributed by atoms with Crippen LogP contribution in [0.2, 0.25) is 5.04 Å². The summed E-state index contributed by atoms with van der Waals surface area (Å²) in [5.41, 5.74) is -1.80. The molecule has 43 heavy (non-hydrogen) atoms. The first kappa shape index (κ1) is 34.8. The quantitative estimate of drug-likeness (QED) is 0.182. The van der Waals surface area contributed by atoms with Crippen molar-refractivity contribution in [1.82, 2.24) is 0 Å². The largest absolute Gasteiger partial charge is 0.453 e. The number of methoxy groups -OCH3 is 2. The second-order valence-corrected chi connectivity index (χ2v) is 17.4. The molecule has 11 nitrogen and oxygen atoms in total. The van der Waals surface area contributed by atoms with Gasteiger partial charge in [0.2, 0.25) is 6.29 Å². The molecule has 1 aliphatic heterocycles. The highest BCUT2D eigenvalue weighted by atomic mass is 32.2. The number of hydrogen-bond donors (Lipinski definition) is 0. The van der Waals surface area contributed by atoms with Gasteiger partial charge in [0.1, 0.15) is 12.2 Å². The predicted molar refractivity (Wildman–Crippen MR) is 161 cm³/mol. The summed E-state index contributed by atoms with van der Waals surface area (Å²) < 4.78 is 66.5. The zero-order valence-corrected chi connectivity index (χ0v) is 27.7. The summed E-state index contributed by atoms with van der Waals surface area (Å²) in [7, 11) is -4.61. The van der Waals surface area contributed by atoms with Crippen molar-refractivity contribution in [3.05, 3.63) is 60.7 Å². The second kappa shape index (κ2) is 14.0. The molecule has 2 aromatic carbocycles. The van der Waals surface area contributed by atoms with Crippen LogP contribution in [0.5, 0.6) is 0 Å². The topological polar surface area (TPSA) is 133 Å². The van der Waals surface area contributed by atoms with Gasteiger partial charge < -0.3 is 28.1 Å². The van der Waals surface area contributed by atoms with Crippen molar-refractivity contribution in [3.8, 4) is 0 Å². The summed E-state index contributed by atoms with van der Waals surface area (Å²) in [4.78, 5) is 24.3. The maximum atomic E-state index is 12.6. The zero-order chi connectivity index (χ0) is 32.1. The Hall–Kier alpha value is -2.65. The lowest BCUT2D eigenvalue weighted by Gasteiger charge is -2.46. The maximum Gasteiger partial charge on any atom is 0.305 e. The average Bonchev–Trinajstić information content (AvgIpc) is 3.20. The van der Waals surface area contributed by atoms with E-state index in [0.29, 0.717) is 0 Å². The number of carbonyl (C=O) groups excluding carboxylic acids is 2. The van der Waals surface area contributed by atoms with Gasteiger partial charge in [-0.15, -0.1) is 0 Å². The van der Waals surface area contributed by atoms with Gasteiger partial charge in [-0.3, -0.25) is 13.8 Å². The molecule has 1 fully saturated rings. The predicted octanol–water partition coefficient (Wildman–Crippen LogP) is 2.16. The molecule has 3 rings (SSSR count). The molecule has 0 aliphatic carbocycles. The van der Waals surface area contributed by atoms with E-state index in [1.807, 2.05) is 60.7 Å². The molecule has 1 heterocycles. The number of ether oxygens (including phenoxy) is 5. The highest BCUT2D eigenvalue weighted by Gasteiger charge is 2.65. The fourth-order valence-corrected chi connectivity index (χ4v) is 11.0. The molecule has 5 atom stereocenters. The fraction of sp³-hybridized carbons (Fsp3) is 0.533. The summed E-state index contributed by atoms with van der Waals surface area (Å²) in [6.45, 7) is 8.02. The number of carbonyl (C=O) groups is 2. The van der Waals surface area contributed by atoms with Crippen LogP contribution in [0.4, 0.5) is 0 Å². The minimum Gasteiger partial charge on any atom is -0.453 e. The minimum absolute atomic E-state index is 0.281. The third kappa shape index (κ3) is 7.71. The summed E-state index contributed by atoms with van der Waals surface area (Å²) in [5.74, 6) is -1.41. The van der Waals surface area contributed by atoms with Gasteiger partial charge in [0.05, 0.1) is 19.5 Å². The van der Waals surface area contributed by atoms with Crippen LogP contribution in [0.25, 0.3) is 0 Å². The van der Waals surface area contributed by atoms with Crippen LogP contribution in [0, 0.1) is 0 Å². The number of benzene rings is 2. The summed E-state index contributed by atoms with van der Waals surface area (Å²) in [5, 5.41) is 1.45. The average molecular weight is 639 g/mol. The molecular weight excluding hydrogens is 596 g/mol. The van der Waals surface area contributed by atoms with Crippen LogP contribution in [-0.4, -0.2) is 92.6 Å². The van der Waals surface area contributed by atoms with E-state index < -0.39 is 65.6 Å². The fourth-order valence-electron chi connectivity index (χ4n) is 5.73. The molecule has 1 unspecified atom stereocenters. The van der Waals surface area contributed by atoms with E-state index in [9.17, 15) is 18.0 Å². The van der Waals surface area contributed by atoms with Gasteiger partial charge in [0.25, 0.3) is 18.4 Å². The van der Waals surface area contributed by atoms with Crippen LogP contribution in [0.15, 0.2) is 60.7 Å². The van der Waals surface area contributed by atoms with Gasteiger partial charge in [0, 0.05) is 28.1 Å². The first-order valence-electron chi connectivity index (χ1n) is 13.8. The van der Waals surface area contributed by atoms with Gasteiger partial charge in [-0.2, -0.15) is 8.42 Å². The number of hydrogen-bond acceptors (Lipinski definition) is 11. The van der Waals surface area contributed by atoms with Crippen molar-refractivity contribution in [3.63, 3.8) is 0 Å². The Bertz CT molecular complexity index is 1290. The van der Waals surface area contributed by atoms with E-state index in [2.05, 4.69) is 20.8 Å². The Balaban J connectivity index is 2.30. The lowest BCUT2D eigenvalue weighted by molar-refractivity contribution is -0.226. The maximum absolute atomic E-state index is 12.6. The van der Waals surface area contributed by atoms with Gasteiger partial charge in [0.15, 0.2) is 11.7 Å². The van der Waals surface area contributed by atoms with Crippen molar-refractivity contribution in [2.75, 3.05) is 33.7 Å². The van der Waals surface area contributed by atoms with Crippen LogP contribution in [0.3, 0.4) is 0 Å². The Morgan fingerprint density at radius 1 is 0.930 bits per heavy atom. The lowest BCUT2D eigenvalue weighted by Crippen LogP contribution is -2.69. The van der Waals surface area contributed by atoms with E-state index in [0.717, 1.165) is 16.6 Å². The summed E-state index contributed by atoms with van der Waals surface area (Å²) in [6, 6.07) is 19.6. The third-order valence-corrected chi connectivity index (χ3v) is 12.9. The first-order valence-corrected chi connectivity index (χ1v) is 17.5. The molecule has 13 heteroatoms. The molecule has 2 aromatic rings. The van der Waals surface area contributed by atoms with Crippen LogP contribution < -0.4 is 10.4 Å². The number of esters is 2. The first-order chi connectivity index (χ1) is 20.1. The molecule has 1 saturated heterocycles. The van der Waals surface area contributed by atoms with Gasteiger partial charge in [-0.25, -0.2) is 0 Å². The molecule has 0 spiro atoms. The Kier molecular flexibility index (Phi) is 11.3. The molecular formula is C30H42O11SSi. The van der Waals surface area contributed by atoms with E-state index in [1.165, 1.54) is 28.1 Å². The highest BCUT2D eigenvalue weighted by Crippen LogP contribution is 2.43. The minimum atomic E-state index is -4.10. The molecule has 0 aromatic heterocycles. The lowest BCUT2D eigenvalue weighted by atomic mass is 9.90. The molecule has 238 valence electrons. The second-order valence-electron chi connectivity index (χ2n) is 11.5. The molecule has 1 aliphatic rings. The smallest absolute Gasteiger partial charge is 0.305 e. The Labute approximate surface area is 255 Å². The van der Waals surface area contributed by atoms with Crippen LogP contribution >= 0.6 is 0 Å². The Morgan fingerprint density at radius 2 is 1.44 bits per heavy atom. The van der Waals surface area contributed by atoms with E-state index in [-0.39, 0.29) is 13.2 Å². The van der Waals surface area contributed by atoms with E-state index >= 15 is 0 Å². The molecule has 0 amide bonds. The normalized spacial score (nSPS) is 23.5. The zero-order valence-electron chi connectivity index (χ0n) is 25.9. The van der Waals surface area contributed by atoms with Gasteiger partial charge in [-0.05, 0) is 15.4 Å². The molecule has 0 radical (unpaired) electrons. The number of rotatable bonds is 13. The Morgan fingerprint density at radius 3 is 1.84 bits per heavy atom. The van der Waals surface area contributed by atoms with Gasteiger partial charge in [-0.1, -0.05) is 81.4 Å². The van der Waals surface area contributed by atoms with Crippen molar-refractivity contribution in [1.29, 1.82) is 0 Å². The van der Waals surface area contributed by atoms with Crippen molar-refractivity contribution in [2.45, 2.75) is 69.9 Å². The standard InChI is InChI=1S/C30H42O11SSi/c1-21(31)38-26-27(36-7)30(40-28(26)39-22(2)32,25(19-35-6)41-42(8,33)34)20-37-43(29(3,4)5,23-15-11-9-12-16-23)24-17-13-10-14-18-24/h9-18,25-28H,19-20H2,1-8H3/t25-,26-,27+,28?,30+/m1/s1. The van der Waals surface area contributed by atoms with Crippen LogP contribution in [-0.2, 0) is 52.0 Å². The SMILES string of the molecule is COC[C@@H](OS(C)(=O)=O)[C@]1(CO[Si](c2ccccc2)(c2ccccc2)C(C)(C)C)OC(OC(C)=O)[C@H](OC(C)=O)[C@@H]1OC. The summed E-state index contributed by atoms with van der Waals surface area (Å²) in [6.07, 6.45) is -4.42. The van der Waals surface area contributed by atoms with E-state index in [4.69, 9.17) is 32.3 Å². The monoisotopic (exact) mass is 638 g/mol.